The molecule has 1 aliphatic heterocycles. The maximum atomic E-state index is 14.8. The highest BCUT2D eigenvalue weighted by Crippen LogP contribution is 2.34. The second kappa shape index (κ2) is 10.4. The monoisotopic (exact) mass is 545 g/mol. The molecule has 0 atom stereocenters. The molecule has 0 amide bonds. The van der Waals surface area contributed by atoms with Crippen LogP contribution >= 0.6 is 0 Å². The summed E-state index contributed by atoms with van der Waals surface area (Å²) in [7, 11) is 0. The third kappa shape index (κ3) is 4.82. The van der Waals surface area contributed by atoms with Crippen LogP contribution in [-0.2, 0) is 0 Å². The number of rotatable bonds is 7. The van der Waals surface area contributed by atoms with E-state index in [0.29, 0.717) is 25.2 Å². The lowest BCUT2D eigenvalue weighted by atomic mass is 10.1. The van der Waals surface area contributed by atoms with Gasteiger partial charge in [-0.15, -0.1) is 0 Å². The Morgan fingerprint density at radius 2 is 1.80 bits per heavy atom. The first kappa shape index (κ1) is 26.0. The molecule has 0 unspecified atom stereocenters. The molecule has 1 saturated carbocycles. The van der Waals surface area contributed by atoms with Gasteiger partial charge in [-0.1, -0.05) is 12.1 Å². The summed E-state index contributed by atoms with van der Waals surface area (Å²) >= 11 is 0. The lowest BCUT2D eigenvalue weighted by Gasteiger charge is -2.27. The van der Waals surface area contributed by atoms with Crippen molar-refractivity contribution >= 4 is 28.1 Å². The highest BCUT2D eigenvalue weighted by Gasteiger charge is 2.31. The summed E-state index contributed by atoms with van der Waals surface area (Å²) in [4.78, 5) is 45.9. The van der Waals surface area contributed by atoms with Crippen LogP contribution in [0.4, 0.5) is 21.6 Å². The molecule has 2 aliphatic rings. The number of nitrogens with one attached hydrogen (secondary N) is 4. The third-order valence-electron chi connectivity index (χ3n) is 7.59. The number of pyridine rings is 1. The molecular weight excluding hydrogens is 513 g/mol. The molecule has 0 spiro atoms. The zero-order valence-electron chi connectivity index (χ0n) is 22.5. The first-order valence-corrected chi connectivity index (χ1v) is 13.6. The number of aromatic amines is 1. The van der Waals surface area contributed by atoms with E-state index >= 15 is 0 Å². The van der Waals surface area contributed by atoms with Crippen LogP contribution in [0.1, 0.15) is 30.0 Å². The maximum Gasteiger partial charge on any atom is 0.336 e. The Balaban J connectivity index is 1.53. The molecular formula is C29H32FN7O3. The van der Waals surface area contributed by atoms with E-state index in [2.05, 4.69) is 25.8 Å². The average Bonchev–Trinajstić information content (AvgIpc) is 3.78. The summed E-state index contributed by atoms with van der Waals surface area (Å²) in [5.74, 6) is -0.469. The van der Waals surface area contributed by atoms with Crippen molar-refractivity contribution < 1.29 is 4.39 Å². The van der Waals surface area contributed by atoms with Crippen LogP contribution in [0.5, 0.6) is 0 Å². The molecule has 10 nitrogen and oxygen atoms in total. The number of hydrogen-bond acceptors (Lipinski definition) is 7. The molecule has 2 fully saturated rings. The van der Waals surface area contributed by atoms with Crippen LogP contribution in [0, 0.1) is 19.7 Å². The van der Waals surface area contributed by atoms with Gasteiger partial charge in [-0.25, -0.2) is 9.18 Å². The Morgan fingerprint density at radius 1 is 1.02 bits per heavy atom. The van der Waals surface area contributed by atoms with E-state index in [1.54, 1.807) is 32.0 Å². The fourth-order valence-electron chi connectivity index (χ4n) is 5.25. The number of aromatic nitrogens is 3. The quantitative estimate of drug-likeness (QED) is 0.282. The first-order chi connectivity index (χ1) is 19.3. The number of hydrogen-bond donors (Lipinski definition) is 4. The molecule has 1 aliphatic carbocycles. The van der Waals surface area contributed by atoms with E-state index in [9.17, 15) is 18.8 Å². The van der Waals surface area contributed by atoms with E-state index in [1.165, 1.54) is 15.2 Å². The van der Waals surface area contributed by atoms with Crippen molar-refractivity contribution in [3.63, 3.8) is 0 Å². The highest BCUT2D eigenvalue weighted by atomic mass is 19.1. The van der Waals surface area contributed by atoms with Crippen molar-refractivity contribution in [2.75, 3.05) is 43.5 Å². The van der Waals surface area contributed by atoms with Crippen molar-refractivity contribution in [2.45, 2.75) is 32.7 Å². The van der Waals surface area contributed by atoms with Crippen LogP contribution in [0.15, 0.2) is 56.8 Å². The molecule has 208 valence electrons. The standard InChI is InChI=1S/C29H32FN7O3/c1-17-6-9-23(22(30)14-17)33-26-24-25(18(2)27(38)34-26)36(29(40)37(28(24)39)20-7-8-20)21-5-3-4-19(15-21)32-16-35-12-10-31-11-13-35/h3-6,9,14-15,20,31-32H,7-8,10-13,16H2,1-2H3,(H2,33,34,38). The second-order valence-corrected chi connectivity index (χ2v) is 10.6. The zero-order chi connectivity index (χ0) is 28.0. The predicted octanol–water partition coefficient (Wildman–Crippen LogP) is 2.95. The molecule has 3 heterocycles. The molecule has 11 heteroatoms. The normalized spacial score (nSPS) is 15.9. The number of benzene rings is 2. The van der Waals surface area contributed by atoms with Crippen LogP contribution in [0.2, 0.25) is 0 Å². The van der Waals surface area contributed by atoms with Crippen molar-refractivity contribution in [1.29, 1.82) is 0 Å². The average molecular weight is 546 g/mol. The number of piperazine rings is 1. The van der Waals surface area contributed by atoms with Gasteiger partial charge in [0, 0.05) is 43.5 Å². The molecule has 0 bridgehead atoms. The number of halogens is 1. The van der Waals surface area contributed by atoms with Crippen molar-refractivity contribution in [2.24, 2.45) is 0 Å². The third-order valence-corrected chi connectivity index (χ3v) is 7.59. The van der Waals surface area contributed by atoms with Crippen molar-refractivity contribution in [3.05, 3.63) is 90.6 Å². The van der Waals surface area contributed by atoms with Gasteiger partial charge in [0.25, 0.3) is 11.1 Å². The number of H-pyrrole nitrogens is 1. The van der Waals surface area contributed by atoms with Gasteiger partial charge >= 0.3 is 5.69 Å². The Hall–Kier alpha value is -4.22. The number of fused-ring (bicyclic) bond motifs is 1. The topological polar surface area (TPSA) is 116 Å². The van der Waals surface area contributed by atoms with Gasteiger partial charge in [0.2, 0.25) is 0 Å². The molecule has 6 rings (SSSR count). The van der Waals surface area contributed by atoms with E-state index in [-0.39, 0.29) is 34.0 Å². The lowest BCUT2D eigenvalue weighted by molar-refractivity contribution is 0.256. The van der Waals surface area contributed by atoms with Gasteiger partial charge in [-0.2, -0.15) is 0 Å². The van der Waals surface area contributed by atoms with E-state index in [1.807, 2.05) is 18.2 Å². The van der Waals surface area contributed by atoms with E-state index in [0.717, 1.165) is 37.4 Å². The van der Waals surface area contributed by atoms with Gasteiger partial charge in [-0.05, 0) is 62.6 Å². The fourth-order valence-corrected chi connectivity index (χ4v) is 5.25. The molecule has 4 N–H and O–H groups in total. The number of anilines is 3. The number of aryl methyl sites for hydroxylation is 2. The summed E-state index contributed by atoms with van der Waals surface area (Å²) in [5.41, 5.74) is 1.11. The Morgan fingerprint density at radius 3 is 2.52 bits per heavy atom. The minimum Gasteiger partial charge on any atom is -0.372 e. The summed E-state index contributed by atoms with van der Waals surface area (Å²) in [6.07, 6.45) is 1.43. The molecule has 40 heavy (non-hydrogen) atoms. The SMILES string of the molecule is Cc1ccc(Nc2[nH]c(=O)c(C)c3c2c(=O)n(C2CC2)c(=O)n3-c2cccc(NCN3CCNCC3)c2)c(F)c1. The van der Waals surface area contributed by atoms with Crippen molar-refractivity contribution in [1.82, 2.24) is 24.3 Å². The van der Waals surface area contributed by atoms with Crippen molar-refractivity contribution in [3.8, 4) is 5.69 Å². The lowest BCUT2D eigenvalue weighted by Crippen LogP contribution is -2.45. The highest BCUT2D eigenvalue weighted by molar-refractivity contribution is 5.93. The largest absolute Gasteiger partial charge is 0.372 e. The Kier molecular flexibility index (Phi) is 6.77. The van der Waals surface area contributed by atoms with Gasteiger partial charge in [0.05, 0.1) is 23.6 Å². The van der Waals surface area contributed by atoms with Crippen LogP contribution < -0.4 is 32.8 Å². The minimum absolute atomic E-state index is 0.0505. The molecule has 0 radical (unpaired) electrons. The maximum absolute atomic E-state index is 14.8. The van der Waals surface area contributed by atoms with Crippen LogP contribution in [0.25, 0.3) is 16.6 Å². The van der Waals surface area contributed by atoms with Gasteiger partial charge < -0.3 is 20.9 Å². The smallest absolute Gasteiger partial charge is 0.336 e. The van der Waals surface area contributed by atoms with Gasteiger partial charge in [0.15, 0.2) is 0 Å². The van der Waals surface area contributed by atoms with Crippen LogP contribution in [-0.4, -0.2) is 51.9 Å². The first-order valence-electron chi connectivity index (χ1n) is 13.6. The Labute approximate surface area is 229 Å². The minimum atomic E-state index is -0.520. The predicted molar refractivity (Wildman–Crippen MR) is 155 cm³/mol. The summed E-state index contributed by atoms with van der Waals surface area (Å²) < 4.78 is 17.5. The second-order valence-electron chi connectivity index (χ2n) is 10.6. The molecule has 2 aromatic heterocycles. The van der Waals surface area contributed by atoms with Gasteiger partial charge in [-0.3, -0.25) is 23.6 Å². The van der Waals surface area contributed by atoms with Crippen LogP contribution in [0.3, 0.4) is 0 Å². The van der Waals surface area contributed by atoms with Gasteiger partial charge in [0.1, 0.15) is 17.0 Å². The fraction of sp³-hybridized carbons (Fsp3) is 0.345. The Bertz CT molecular complexity index is 1780. The molecule has 2 aromatic carbocycles. The zero-order valence-corrected chi connectivity index (χ0v) is 22.5. The summed E-state index contributed by atoms with van der Waals surface area (Å²) in [6, 6.07) is 11.8. The summed E-state index contributed by atoms with van der Waals surface area (Å²) in [5, 5.41) is 9.81. The molecule has 4 aromatic rings. The van der Waals surface area contributed by atoms with E-state index in [4.69, 9.17) is 0 Å². The number of nitrogens with zero attached hydrogens (tertiary/aromatic N) is 3. The summed E-state index contributed by atoms with van der Waals surface area (Å²) in [6.45, 7) is 7.74. The van der Waals surface area contributed by atoms with E-state index < -0.39 is 22.6 Å². The molecule has 1 saturated heterocycles.